The Morgan fingerprint density at radius 3 is 2.89 bits per heavy atom. The lowest BCUT2D eigenvalue weighted by Crippen LogP contribution is -2.01. The maximum absolute atomic E-state index is 10.5. The van der Waals surface area contributed by atoms with Crippen LogP contribution in [0.5, 0.6) is 0 Å². The zero-order chi connectivity index (χ0) is 6.69. The van der Waals surface area contributed by atoms with Crippen LogP contribution in [0.15, 0.2) is 23.1 Å². The fourth-order valence-corrected chi connectivity index (χ4v) is 0.714. The molecule has 0 saturated carbocycles. The number of hydrogen-bond donors (Lipinski definition) is 2. The number of anilines is 1. The zero-order valence-corrected chi connectivity index (χ0v) is 5.87. The standard InChI is InChI=1S/C5H7N2OP/c8-5-3-4(7-9)1-2-6-5/h1-3H,9H2,(H2,6,7,8). The van der Waals surface area contributed by atoms with Crippen molar-refractivity contribution < 1.29 is 0 Å². The van der Waals surface area contributed by atoms with Crippen molar-refractivity contribution in [3.8, 4) is 0 Å². The van der Waals surface area contributed by atoms with Crippen molar-refractivity contribution >= 4 is 15.1 Å². The second kappa shape index (κ2) is 2.65. The summed E-state index contributed by atoms with van der Waals surface area (Å²) in [6, 6.07) is 3.25. The third-order valence-corrected chi connectivity index (χ3v) is 1.28. The number of aromatic amines is 1. The number of hydrogen-bond acceptors (Lipinski definition) is 2. The predicted octanol–water partition coefficient (Wildman–Crippen LogP) is 0.577. The van der Waals surface area contributed by atoms with E-state index in [1.165, 1.54) is 6.07 Å². The molecule has 2 N–H and O–H groups in total. The van der Waals surface area contributed by atoms with Crippen molar-refractivity contribution in [2.75, 3.05) is 5.09 Å². The average Bonchev–Trinajstić information content (AvgIpc) is 1.88. The highest BCUT2D eigenvalue weighted by Crippen LogP contribution is 2.01. The highest BCUT2D eigenvalue weighted by atomic mass is 31.0. The quantitative estimate of drug-likeness (QED) is 0.563. The minimum absolute atomic E-state index is 0.0950. The highest BCUT2D eigenvalue weighted by molar-refractivity contribution is 7.18. The topological polar surface area (TPSA) is 44.9 Å². The second-order valence-corrected chi connectivity index (χ2v) is 1.87. The van der Waals surface area contributed by atoms with E-state index in [-0.39, 0.29) is 5.56 Å². The summed E-state index contributed by atoms with van der Waals surface area (Å²) in [6.45, 7) is 0. The van der Waals surface area contributed by atoms with Crippen LogP contribution >= 0.6 is 9.39 Å². The van der Waals surface area contributed by atoms with Crippen LogP contribution in [0.4, 0.5) is 5.69 Å². The lowest BCUT2D eigenvalue weighted by molar-refractivity contribution is 1.24. The molecule has 1 aromatic rings. The SMILES string of the molecule is O=c1cc(NP)cc[nH]1. The van der Waals surface area contributed by atoms with Gasteiger partial charge < -0.3 is 10.1 Å². The molecular weight excluding hydrogens is 135 g/mol. The molecule has 1 heterocycles. The van der Waals surface area contributed by atoms with Crippen LogP contribution in [0.2, 0.25) is 0 Å². The molecule has 0 bridgehead atoms. The lowest BCUT2D eigenvalue weighted by Gasteiger charge is -1.93. The van der Waals surface area contributed by atoms with Crippen molar-refractivity contribution in [2.45, 2.75) is 0 Å². The Morgan fingerprint density at radius 1 is 1.67 bits per heavy atom. The molecule has 0 saturated heterocycles. The summed E-state index contributed by atoms with van der Waals surface area (Å²) >= 11 is 0. The van der Waals surface area contributed by atoms with Gasteiger partial charge in [0.1, 0.15) is 0 Å². The number of aromatic nitrogens is 1. The second-order valence-electron chi connectivity index (χ2n) is 1.59. The van der Waals surface area contributed by atoms with Crippen LogP contribution in [0.3, 0.4) is 0 Å². The first-order valence-electron chi connectivity index (χ1n) is 2.48. The van der Waals surface area contributed by atoms with E-state index in [0.717, 1.165) is 5.69 Å². The van der Waals surface area contributed by atoms with E-state index in [1.54, 1.807) is 12.3 Å². The van der Waals surface area contributed by atoms with E-state index in [4.69, 9.17) is 0 Å². The number of nitrogens with one attached hydrogen (secondary N) is 2. The summed E-state index contributed by atoms with van der Waals surface area (Å²) in [5.41, 5.74) is 0.700. The van der Waals surface area contributed by atoms with Crippen LogP contribution < -0.4 is 10.6 Å². The number of pyridine rings is 1. The van der Waals surface area contributed by atoms with Gasteiger partial charge in [0.15, 0.2) is 0 Å². The maximum Gasteiger partial charge on any atom is 0.249 e. The first-order valence-corrected chi connectivity index (χ1v) is 3.06. The molecule has 9 heavy (non-hydrogen) atoms. The predicted molar refractivity (Wildman–Crippen MR) is 40.4 cm³/mol. The fourth-order valence-electron chi connectivity index (χ4n) is 0.534. The molecule has 0 radical (unpaired) electrons. The van der Waals surface area contributed by atoms with Crippen molar-refractivity contribution in [3.63, 3.8) is 0 Å². The molecule has 48 valence electrons. The molecule has 0 amide bonds. The largest absolute Gasteiger partial charge is 0.369 e. The van der Waals surface area contributed by atoms with Crippen molar-refractivity contribution in [2.24, 2.45) is 0 Å². The summed E-state index contributed by atoms with van der Waals surface area (Å²) in [5, 5.41) is 2.76. The first kappa shape index (κ1) is 6.30. The van der Waals surface area contributed by atoms with Crippen LogP contribution in [0.1, 0.15) is 0 Å². The van der Waals surface area contributed by atoms with Gasteiger partial charge in [-0.2, -0.15) is 0 Å². The molecule has 0 aromatic carbocycles. The Labute approximate surface area is 54.7 Å². The van der Waals surface area contributed by atoms with Gasteiger partial charge in [0.2, 0.25) is 5.56 Å². The Balaban J connectivity index is 3.08. The smallest absolute Gasteiger partial charge is 0.249 e. The lowest BCUT2D eigenvalue weighted by atomic mass is 10.4. The molecule has 1 unspecified atom stereocenters. The molecule has 0 aliphatic heterocycles. The minimum atomic E-state index is -0.0950. The minimum Gasteiger partial charge on any atom is -0.369 e. The third kappa shape index (κ3) is 1.54. The van der Waals surface area contributed by atoms with Gasteiger partial charge in [-0.25, -0.2) is 0 Å². The molecule has 0 fully saturated rings. The van der Waals surface area contributed by atoms with Crippen molar-refractivity contribution in [1.82, 2.24) is 4.98 Å². The Hall–Kier alpha value is -0.820. The molecule has 3 nitrogen and oxygen atoms in total. The number of rotatable bonds is 1. The first-order chi connectivity index (χ1) is 4.33. The van der Waals surface area contributed by atoms with E-state index in [1.807, 2.05) is 0 Å². The van der Waals surface area contributed by atoms with Crippen LogP contribution in [-0.4, -0.2) is 4.98 Å². The van der Waals surface area contributed by atoms with Crippen LogP contribution in [0, 0.1) is 0 Å². The van der Waals surface area contributed by atoms with E-state index in [0.29, 0.717) is 0 Å². The van der Waals surface area contributed by atoms with Gasteiger partial charge in [-0.15, -0.1) is 0 Å². The molecule has 0 aliphatic carbocycles. The van der Waals surface area contributed by atoms with Crippen molar-refractivity contribution in [3.05, 3.63) is 28.7 Å². The Kier molecular flexibility index (Phi) is 1.85. The molecule has 0 spiro atoms. The number of H-pyrrole nitrogens is 1. The van der Waals surface area contributed by atoms with Gasteiger partial charge in [0.05, 0.1) is 0 Å². The van der Waals surface area contributed by atoms with Gasteiger partial charge in [-0.05, 0) is 15.5 Å². The normalized spacial score (nSPS) is 9.00. The molecule has 1 rings (SSSR count). The zero-order valence-electron chi connectivity index (χ0n) is 4.72. The van der Waals surface area contributed by atoms with E-state index < -0.39 is 0 Å². The Bertz CT molecular complexity index is 245. The van der Waals surface area contributed by atoms with Crippen molar-refractivity contribution in [1.29, 1.82) is 0 Å². The fraction of sp³-hybridized carbons (Fsp3) is 0. The molecular formula is C5H7N2OP. The van der Waals surface area contributed by atoms with Gasteiger partial charge in [-0.3, -0.25) is 4.79 Å². The van der Waals surface area contributed by atoms with Crippen LogP contribution in [-0.2, 0) is 0 Å². The monoisotopic (exact) mass is 142 g/mol. The molecule has 4 heteroatoms. The summed E-state index contributed by atoms with van der Waals surface area (Å²) in [6.07, 6.45) is 1.59. The van der Waals surface area contributed by atoms with E-state index in [2.05, 4.69) is 19.5 Å². The maximum atomic E-state index is 10.5. The highest BCUT2D eigenvalue weighted by Gasteiger charge is 1.84. The third-order valence-electron chi connectivity index (χ3n) is 0.942. The van der Waals surface area contributed by atoms with Gasteiger partial charge in [-0.1, -0.05) is 0 Å². The summed E-state index contributed by atoms with van der Waals surface area (Å²) in [4.78, 5) is 13.0. The van der Waals surface area contributed by atoms with E-state index >= 15 is 0 Å². The summed E-state index contributed by atoms with van der Waals surface area (Å²) < 4.78 is 0. The average molecular weight is 142 g/mol. The van der Waals surface area contributed by atoms with Gasteiger partial charge in [0.25, 0.3) is 0 Å². The van der Waals surface area contributed by atoms with Gasteiger partial charge in [0, 0.05) is 18.0 Å². The molecule has 1 atom stereocenters. The summed E-state index contributed by atoms with van der Waals surface area (Å²) in [7, 11) is 2.31. The summed E-state index contributed by atoms with van der Waals surface area (Å²) in [5.74, 6) is 0. The molecule has 1 aromatic heterocycles. The van der Waals surface area contributed by atoms with Crippen LogP contribution in [0.25, 0.3) is 0 Å². The molecule has 0 aliphatic rings. The Morgan fingerprint density at radius 2 is 2.44 bits per heavy atom. The van der Waals surface area contributed by atoms with Gasteiger partial charge >= 0.3 is 0 Å². The van der Waals surface area contributed by atoms with E-state index in [9.17, 15) is 4.79 Å².